The number of nitrogens with two attached hydrogens (primary N) is 1. The van der Waals surface area contributed by atoms with Gasteiger partial charge in [-0.25, -0.2) is 28.1 Å². The van der Waals surface area contributed by atoms with Crippen LogP contribution in [0.5, 0.6) is 0 Å². The number of nitrogen functional groups attached to an aromatic ring is 1. The van der Waals surface area contributed by atoms with Crippen LogP contribution in [0.2, 0.25) is 0 Å². The average molecular weight is 584 g/mol. The molecule has 0 unspecified atom stereocenters. The topological polar surface area (TPSA) is 133 Å². The minimum atomic E-state index is -3.21. The van der Waals surface area contributed by atoms with E-state index in [-0.39, 0.29) is 11.0 Å². The van der Waals surface area contributed by atoms with Gasteiger partial charge in [-0.3, -0.25) is 4.79 Å². The number of nitrogens with zero attached hydrogens (tertiary/aromatic N) is 4. The van der Waals surface area contributed by atoms with Crippen LogP contribution in [-0.2, 0) is 23.0 Å². The van der Waals surface area contributed by atoms with Crippen molar-refractivity contribution in [1.29, 1.82) is 0 Å². The molecule has 2 aromatic heterocycles. The van der Waals surface area contributed by atoms with Gasteiger partial charge in [0.25, 0.3) is 0 Å². The fraction of sp³-hybridized carbons (Fsp3) is 0.400. The monoisotopic (exact) mass is 584 g/mol. The summed E-state index contributed by atoms with van der Waals surface area (Å²) in [6.07, 6.45) is 4.80. The van der Waals surface area contributed by atoms with Gasteiger partial charge in [-0.05, 0) is 66.0 Å². The van der Waals surface area contributed by atoms with Gasteiger partial charge < -0.3 is 10.3 Å². The lowest BCUT2D eigenvalue weighted by atomic mass is 10.1. The van der Waals surface area contributed by atoms with Crippen LogP contribution in [0.3, 0.4) is 0 Å². The zero-order valence-electron chi connectivity index (χ0n) is 17.0. The van der Waals surface area contributed by atoms with Crippen LogP contribution in [0.4, 0.5) is 5.82 Å². The fourth-order valence-electron chi connectivity index (χ4n) is 3.78. The number of imidazole rings is 1. The number of benzene rings is 1. The number of aromatic nitrogens is 4. The minimum Gasteiger partial charge on any atom is -0.382 e. The second kappa shape index (κ2) is 8.54. The van der Waals surface area contributed by atoms with E-state index in [1.54, 1.807) is 0 Å². The first kappa shape index (κ1) is 22.0. The van der Waals surface area contributed by atoms with Crippen molar-refractivity contribution in [3.8, 4) is 0 Å². The first-order valence-electron chi connectivity index (χ1n) is 10.3. The number of carbonyl (C=O) groups is 1. The van der Waals surface area contributed by atoms with E-state index in [1.807, 2.05) is 10.6 Å². The van der Waals surface area contributed by atoms with Gasteiger partial charge in [0.05, 0.1) is 5.25 Å². The highest BCUT2D eigenvalue weighted by Crippen LogP contribution is 2.37. The quantitative estimate of drug-likeness (QED) is 0.305. The largest absolute Gasteiger partial charge is 0.382 e. The number of hydrogen-bond donors (Lipinski definition) is 2. The van der Waals surface area contributed by atoms with Gasteiger partial charge in [-0.2, -0.15) is 0 Å². The number of aryl methyl sites for hydroxylation is 2. The first-order valence-corrected chi connectivity index (χ1v) is 13.8. The van der Waals surface area contributed by atoms with Crippen LogP contribution in [0, 0.1) is 3.57 Å². The van der Waals surface area contributed by atoms with Gasteiger partial charge in [-0.1, -0.05) is 11.8 Å². The Kier molecular flexibility index (Phi) is 5.88. The van der Waals surface area contributed by atoms with Gasteiger partial charge in [-0.15, -0.1) is 0 Å². The third kappa shape index (κ3) is 4.24. The maximum atomic E-state index is 12.2. The number of nitrogens with one attached hydrogen (secondary N) is 1. The molecule has 0 saturated heterocycles. The molecule has 3 aromatic rings. The molecule has 2 heterocycles. The number of anilines is 1. The summed E-state index contributed by atoms with van der Waals surface area (Å²) >= 11 is 3.73. The number of fused-ring (bicyclic) bond motifs is 2. The lowest BCUT2D eigenvalue weighted by Gasteiger charge is -2.11. The molecule has 1 fully saturated rings. The molecule has 0 atom stereocenters. The van der Waals surface area contributed by atoms with Crippen molar-refractivity contribution in [1.82, 2.24) is 24.2 Å². The number of hydrogen-bond acceptors (Lipinski definition) is 8. The Morgan fingerprint density at radius 2 is 2.06 bits per heavy atom. The Balaban J connectivity index is 1.42. The minimum absolute atomic E-state index is 0.171. The van der Waals surface area contributed by atoms with Crippen molar-refractivity contribution >= 4 is 67.1 Å². The van der Waals surface area contributed by atoms with Crippen molar-refractivity contribution < 1.29 is 13.2 Å². The maximum absolute atomic E-state index is 12.2. The number of ketones is 1. The average Bonchev–Trinajstić information content (AvgIpc) is 3.49. The smallest absolute Gasteiger partial charge is 0.214 e. The Morgan fingerprint density at radius 3 is 2.84 bits per heavy atom. The summed E-state index contributed by atoms with van der Waals surface area (Å²) in [6.45, 7) is 0.858. The Morgan fingerprint density at radius 1 is 1.25 bits per heavy atom. The van der Waals surface area contributed by atoms with Gasteiger partial charge in [0.1, 0.15) is 6.33 Å². The number of halogens is 1. The Hall–Kier alpha value is -1.77. The van der Waals surface area contributed by atoms with E-state index in [9.17, 15) is 13.2 Å². The van der Waals surface area contributed by atoms with Gasteiger partial charge >= 0.3 is 0 Å². The molecule has 3 N–H and O–H groups in total. The first-order chi connectivity index (χ1) is 15.3. The van der Waals surface area contributed by atoms with Crippen molar-refractivity contribution in [2.24, 2.45) is 0 Å². The summed E-state index contributed by atoms with van der Waals surface area (Å²) in [5, 5.41) is 0.445. The van der Waals surface area contributed by atoms with Crippen LogP contribution in [0.1, 0.15) is 41.6 Å². The van der Waals surface area contributed by atoms with Crippen molar-refractivity contribution in [2.75, 3.05) is 12.3 Å². The van der Waals surface area contributed by atoms with Crippen LogP contribution in [-0.4, -0.2) is 45.5 Å². The summed E-state index contributed by atoms with van der Waals surface area (Å²) < 4.78 is 29.8. The van der Waals surface area contributed by atoms with Crippen LogP contribution in [0.15, 0.2) is 28.5 Å². The molecule has 0 radical (unpaired) electrons. The highest BCUT2D eigenvalue weighted by molar-refractivity contribution is 14.1. The lowest BCUT2D eigenvalue weighted by molar-refractivity contribution is 0.0994. The third-order valence-electron chi connectivity index (χ3n) is 5.63. The van der Waals surface area contributed by atoms with Gasteiger partial charge in [0.2, 0.25) is 10.0 Å². The number of carbonyl (C=O) groups excluding carboxylic acids is 1. The van der Waals surface area contributed by atoms with Gasteiger partial charge in [0, 0.05) is 33.5 Å². The fourth-order valence-corrected chi connectivity index (χ4v) is 7.02. The molecule has 0 aliphatic heterocycles. The summed E-state index contributed by atoms with van der Waals surface area (Å²) in [5.41, 5.74) is 9.03. The second-order valence-electron chi connectivity index (χ2n) is 7.93. The molecule has 32 heavy (non-hydrogen) atoms. The molecule has 1 saturated carbocycles. The van der Waals surface area contributed by atoms with E-state index >= 15 is 0 Å². The Labute approximate surface area is 203 Å². The highest BCUT2D eigenvalue weighted by atomic mass is 127. The van der Waals surface area contributed by atoms with Crippen molar-refractivity contribution in [3.63, 3.8) is 0 Å². The summed E-state index contributed by atoms with van der Waals surface area (Å²) in [7, 11) is -3.21. The molecule has 0 amide bonds. The van der Waals surface area contributed by atoms with Crippen molar-refractivity contribution in [2.45, 2.75) is 54.0 Å². The number of rotatable bonds is 8. The van der Waals surface area contributed by atoms with E-state index < -0.39 is 10.0 Å². The number of Topliss-reactive ketones (excluding diaryl/α,β-unsaturated/α-hetero) is 1. The Bertz CT molecular complexity index is 1340. The molecule has 2 aliphatic rings. The molecule has 12 heteroatoms. The molecule has 5 rings (SSSR count). The van der Waals surface area contributed by atoms with E-state index in [0.29, 0.717) is 48.1 Å². The lowest BCUT2D eigenvalue weighted by Crippen LogP contribution is -2.28. The SMILES string of the molecule is Nc1ncnc2c1nc(Sc1cc3c(cc1I)CCC3=O)n2CCCNS(=O)(=O)C1CC1. The molecule has 168 valence electrons. The van der Waals surface area contributed by atoms with Gasteiger partial charge in [0.15, 0.2) is 27.9 Å². The molecular weight excluding hydrogens is 563 g/mol. The molecule has 0 spiro atoms. The normalized spacial score (nSPS) is 16.1. The van der Waals surface area contributed by atoms with Crippen LogP contribution >= 0.6 is 34.4 Å². The second-order valence-corrected chi connectivity index (χ2v) is 12.2. The summed E-state index contributed by atoms with van der Waals surface area (Å²) in [5.74, 6) is 0.466. The summed E-state index contributed by atoms with van der Waals surface area (Å²) in [6, 6.07) is 4.01. The van der Waals surface area contributed by atoms with Crippen LogP contribution < -0.4 is 10.5 Å². The zero-order chi connectivity index (χ0) is 22.5. The maximum Gasteiger partial charge on any atom is 0.214 e. The highest BCUT2D eigenvalue weighted by Gasteiger charge is 2.35. The molecule has 2 aliphatic carbocycles. The van der Waals surface area contributed by atoms with E-state index in [1.165, 1.54) is 18.1 Å². The van der Waals surface area contributed by atoms with E-state index in [0.717, 1.165) is 38.9 Å². The van der Waals surface area contributed by atoms with Crippen LogP contribution in [0.25, 0.3) is 11.2 Å². The van der Waals surface area contributed by atoms with E-state index in [2.05, 4.69) is 48.3 Å². The molecule has 1 aromatic carbocycles. The molecule has 0 bridgehead atoms. The van der Waals surface area contributed by atoms with Crippen molar-refractivity contribution in [3.05, 3.63) is 33.2 Å². The van der Waals surface area contributed by atoms with E-state index in [4.69, 9.17) is 5.73 Å². The third-order valence-corrected chi connectivity index (χ3v) is 9.90. The molecule has 9 nitrogen and oxygen atoms in total. The standard InChI is InChI=1S/C20H21IN6O3S2/c21-14-8-11-2-5-15(28)13(11)9-16(14)31-20-26-17-18(22)23-10-24-19(17)27(20)7-1-6-25-32(29,30)12-3-4-12/h8-10,12,25H,1-7H2,(H2,22,23,24). The number of sulfonamides is 1. The predicted molar refractivity (Wildman–Crippen MR) is 130 cm³/mol. The zero-order valence-corrected chi connectivity index (χ0v) is 20.8. The molecular formula is C20H21IN6O3S2. The predicted octanol–water partition coefficient (Wildman–Crippen LogP) is 2.77. The summed E-state index contributed by atoms with van der Waals surface area (Å²) in [4.78, 5) is 26.2.